The molecule has 2 aromatic rings. The molecule has 2 rings (SSSR count). The van der Waals surface area contributed by atoms with Gasteiger partial charge in [0.1, 0.15) is 5.52 Å². The summed E-state index contributed by atoms with van der Waals surface area (Å²) in [7, 11) is 0. The van der Waals surface area contributed by atoms with Crippen LogP contribution in [-0.2, 0) is 0 Å². The number of nitrogens with zero attached hydrogens (tertiary/aromatic N) is 3. The molecule has 19 heavy (non-hydrogen) atoms. The maximum absolute atomic E-state index is 4.64. The summed E-state index contributed by atoms with van der Waals surface area (Å²) in [5.41, 5.74) is 2.67. The topological polar surface area (TPSA) is 50.7 Å². The molecule has 0 aliphatic heterocycles. The first kappa shape index (κ1) is 13.9. The van der Waals surface area contributed by atoms with E-state index in [2.05, 4.69) is 47.1 Å². The van der Waals surface area contributed by atoms with Crippen LogP contribution in [0.25, 0.3) is 11.2 Å². The summed E-state index contributed by atoms with van der Waals surface area (Å²) in [5, 5.41) is 3.59. The number of hydrogen-bond acceptors (Lipinski definition) is 4. The fourth-order valence-corrected chi connectivity index (χ4v) is 2.33. The molecule has 4 nitrogen and oxygen atoms in total. The van der Waals surface area contributed by atoms with Crippen LogP contribution in [-0.4, -0.2) is 27.5 Å². The van der Waals surface area contributed by atoms with Crippen molar-refractivity contribution in [2.45, 2.75) is 45.6 Å². The van der Waals surface area contributed by atoms with Crippen molar-refractivity contribution in [3.05, 3.63) is 30.2 Å². The molecule has 0 aromatic carbocycles. The van der Waals surface area contributed by atoms with Crippen LogP contribution < -0.4 is 5.32 Å². The summed E-state index contributed by atoms with van der Waals surface area (Å²) < 4.78 is 0. The van der Waals surface area contributed by atoms with Crippen molar-refractivity contribution in [1.82, 2.24) is 20.3 Å². The van der Waals surface area contributed by atoms with E-state index in [4.69, 9.17) is 0 Å². The Morgan fingerprint density at radius 2 is 1.95 bits per heavy atom. The Hall–Kier alpha value is -1.55. The number of aromatic nitrogens is 3. The predicted octanol–water partition coefficient (Wildman–Crippen LogP) is 2.91. The third-order valence-electron chi connectivity index (χ3n) is 3.52. The number of hydrogen-bond donors (Lipinski definition) is 1. The number of nitrogens with one attached hydrogen (secondary N) is 1. The molecule has 0 amide bonds. The van der Waals surface area contributed by atoms with E-state index in [9.17, 15) is 0 Å². The van der Waals surface area contributed by atoms with Gasteiger partial charge in [0.25, 0.3) is 0 Å². The first-order valence-corrected chi connectivity index (χ1v) is 7.07. The van der Waals surface area contributed by atoms with E-state index in [1.807, 2.05) is 6.07 Å². The minimum atomic E-state index is 0.378. The lowest BCUT2D eigenvalue weighted by Crippen LogP contribution is -2.34. The summed E-state index contributed by atoms with van der Waals surface area (Å²) in [6.07, 6.45) is 5.64. The standard InChI is InChI=1S/C15H22N4/c1-4-8-16-12(5-2)11(3)13-6-7-14-15(19-13)18-10-9-17-14/h6-7,9-12,16H,4-5,8H2,1-3H3. The quantitative estimate of drug-likeness (QED) is 0.865. The Morgan fingerprint density at radius 3 is 2.68 bits per heavy atom. The molecule has 2 heterocycles. The molecule has 0 spiro atoms. The van der Waals surface area contributed by atoms with E-state index in [0.29, 0.717) is 12.0 Å². The molecule has 0 saturated carbocycles. The molecule has 0 aliphatic carbocycles. The molecular weight excluding hydrogens is 236 g/mol. The van der Waals surface area contributed by atoms with Gasteiger partial charge in [0.05, 0.1) is 0 Å². The summed E-state index contributed by atoms with van der Waals surface area (Å²) >= 11 is 0. The van der Waals surface area contributed by atoms with Gasteiger partial charge in [-0.2, -0.15) is 0 Å². The molecule has 102 valence electrons. The smallest absolute Gasteiger partial charge is 0.178 e. The molecular formula is C15H22N4. The first-order chi connectivity index (χ1) is 9.26. The molecule has 2 atom stereocenters. The molecule has 0 saturated heterocycles. The second-order valence-corrected chi connectivity index (χ2v) is 4.89. The normalized spacial score (nSPS) is 14.5. The fraction of sp³-hybridized carbons (Fsp3) is 0.533. The van der Waals surface area contributed by atoms with E-state index in [0.717, 1.165) is 36.2 Å². The maximum Gasteiger partial charge on any atom is 0.178 e. The van der Waals surface area contributed by atoms with E-state index in [1.54, 1.807) is 12.4 Å². The van der Waals surface area contributed by atoms with Crippen LogP contribution >= 0.6 is 0 Å². The Labute approximate surface area is 114 Å². The molecule has 2 aromatic heterocycles. The second kappa shape index (κ2) is 6.57. The molecule has 0 aliphatic rings. The van der Waals surface area contributed by atoms with Crippen molar-refractivity contribution >= 4 is 11.2 Å². The van der Waals surface area contributed by atoms with Gasteiger partial charge in [-0.15, -0.1) is 0 Å². The highest BCUT2D eigenvalue weighted by atomic mass is 14.9. The Bertz CT molecular complexity index is 526. The second-order valence-electron chi connectivity index (χ2n) is 4.89. The van der Waals surface area contributed by atoms with Crippen LogP contribution in [0.4, 0.5) is 0 Å². The molecule has 0 fully saturated rings. The Kier molecular flexibility index (Phi) is 4.80. The van der Waals surface area contributed by atoms with Crippen LogP contribution in [0.2, 0.25) is 0 Å². The van der Waals surface area contributed by atoms with Crippen molar-refractivity contribution in [2.75, 3.05) is 6.54 Å². The van der Waals surface area contributed by atoms with Crippen molar-refractivity contribution in [3.63, 3.8) is 0 Å². The Morgan fingerprint density at radius 1 is 1.16 bits per heavy atom. The predicted molar refractivity (Wildman–Crippen MR) is 78.1 cm³/mol. The SMILES string of the molecule is CCCNC(CC)C(C)c1ccc2nccnc2n1. The number of pyridine rings is 1. The van der Waals surface area contributed by atoms with Gasteiger partial charge < -0.3 is 5.32 Å². The summed E-state index contributed by atoms with van der Waals surface area (Å²) in [6, 6.07) is 4.53. The fourth-order valence-electron chi connectivity index (χ4n) is 2.33. The molecule has 1 N–H and O–H groups in total. The Balaban J connectivity index is 2.21. The van der Waals surface area contributed by atoms with Crippen LogP contribution in [0.3, 0.4) is 0 Å². The third-order valence-corrected chi connectivity index (χ3v) is 3.52. The van der Waals surface area contributed by atoms with Gasteiger partial charge in [-0.3, -0.25) is 4.98 Å². The van der Waals surface area contributed by atoms with Gasteiger partial charge in [-0.1, -0.05) is 20.8 Å². The molecule has 2 unspecified atom stereocenters. The average molecular weight is 258 g/mol. The van der Waals surface area contributed by atoms with Crippen LogP contribution in [0.15, 0.2) is 24.5 Å². The summed E-state index contributed by atoms with van der Waals surface area (Å²) in [6.45, 7) is 7.68. The van der Waals surface area contributed by atoms with E-state index < -0.39 is 0 Å². The molecule has 0 radical (unpaired) electrons. The van der Waals surface area contributed by atoms with E-state index in [-0.39, 0.29) is 0 Å². The van der Waals surface area contributed by atoms with Gasteiger partial charge >= 0.3 is 0 Å². The van der Waals surface area contributed by atoms with E-state index >= 15 is 0 Å². The number of fused-ring (bicyclic) bond motifs is 1. The zero-order valence-corrected chi connectivity index (χ0v) is 11.9. The average Bonchev–Trinajstić information content (AvgIpc) is 2.47. The van der Waals surface area contributed by atoms with Gasteiger partial charge in [0.2, 0.25) is 0 Å². The molecule has 0 bridgehead atoms. The first-order valence-electron chi connectivity index (χ1n) is 7.07. The summed E-state index contributed by atoms with van der Waals surface area (Å²) in [4.78, 5) is 13.2. The largest absolute Gasteiger partial charge is 0.313 e. The number of rotatable bonds is 6. The van der Waals surface area contributed by atoms with Crippen molar-refractivity contribution in [2.24, 2.45) is 0 Å². The van der Waals surface area contributed by atoms with Crippen molar-refractivity contribution < 1.29 is 0 Å². The van der Waals surface area contributed by atoms with Crippen LogP contribution in [0.5, 0.6) is 0 Å². The minimum absolute atomic E-state index is 0.378. The lowest BCUT2D eigenvalue weighted by molar-refractivity contribution is 0.433. The highest BCUT2D eigenvalue weighted by Gasteiger charge is 2.18. The maximum atomic E-state index is 4.64. The summed E-state index contributed by atoms with van der Waals surface area (Å²) in [5.74, 6) is 0.378. The zero-order valence-electron chi connectivity index (χ0n) is 11.9. The van der Waals surface area contributed by atoms with Crippen LogP contribution in [0, 0.1) is 0 Å². The minimum Gasteiger partial charge on any atom is -0.313 e. The lowest BCUT2D eigenvalue weighted by Gasteiger charge is -2.23. The highest BCUT2D eigenvalue weighted by molar-refractivity contribution is 5.68. The zero-order chi connectivity index (χ0) is 13.7. The monoisotopic (exact) mass is 258 g/mol. The van der Waals surface area contributed by atoms with E-state index in [1.165, 1.54) is 0 Å². The highest BCUT2D eigenvalue weighted by Crippen LogP contribution is 2.21. The molecule has 4 heteroatoms. The third kappa shape index (κ3) is 3.26. The van der Waals surface area contributed by atoms with Gasteiger partial charge in [-0.25, -0.2) is 9.97 Å². The van der Waals surface area contributed by atoms with Gasteiger partial charge in [0, 0.05) is 30.0 Å². The van der Waals surface area contributed by atoms with Crippen molar-refractivity contribution in [3.8, 4) is 0 Å². The van der Waals surface area contributed by atoms with Gasteiger partial charge in [-0.05, 0) is 31.5 Å². The lowest BCUT2D eigenvalue weighted by atomic mass is 9.95. The van der Waals surface area contributed by atoms with Gasteiger partial charge in [0.15, 0.2) is 5.65 Å². The van der Waals surface area contributed by atoms with Crippen LogP contribution in [0.1, 0.15) is 45.2 Å². The van der Waals surface area contributed by atoms with Crippen molar-refractivity contribution in [1.29, 1.82) is 0 Å².